The molecule has 1 N–H and O–H groups in total. The van der Waals surface area contributed by atoms with Crippen molar-refractivity contribution in [1.29, 1.82) is 0 Å². The third-order valence-electron chi connectivity index (χ3n) is 5.19. The number of aromatic nitrogens is 3. The highest BCUT2D eigenvalue weighted by molar-refractivity contribution is 5.86. The highest BCUT2D eigenvalue weighted by Crippen LogP contribution is 2.29. The molecule has 0 aliphatic carbocycles. The monoisotopic (exact) mass is 331 g/mol. The van der Waals surface area contributed by atoms with E-state index in [2.05, 4.69) is 19.9 Å². The number of aryl methyl sites for hydroxylation is 1. The smallest absolute Gasteiger partial charge is 0.223 e. The maximum Gasteiger partial charge on any atom is 0.223 e. The van der Waals surface area contributed by atoms with Crippen LogP contribution in [0.25, 0.3) is 11.0 Å². The summed E-state index contributed by atoms with van der Waals surface area (Å²) in [5, 5.41) is 0. The molecule has 2 fully saturated rings. The Hall–Kier alpha value is -2.18. The minimum absolute atomic E-state index is 0.112. The van der Waals surface area contributed by atoms with Crippen molar-refractivity contribution in [3.05, 3.63) is 18.1 Å². The zero-order valence-corrected chi connectivity index (χ0v) is 13.8. The van der Waals surface area contributed by atoms with Gasteiger partial charge in [0.05, 0.1) is 12.2 Å². The SMILES string of the molecule is Cc1cc2ncnc(N3CCC(N4CC(CF)CC4=O)CC3)c2[nH]1. The van der Waals surface area contributed by atoms with E-state index in [9.17, 15) is 9.18 Å². The van der Waals surface area contributed by atoms with Gasteiger partial charge in [-0.3, -0.25) is 9.18 Å². The Morgan fingerprint density at radius 1 is 1.33 bits per heavy atom. The molecule has 2 aliphatic heterocycles. The van der Waals surface area contributed by atoms with Crippen LogP contribution >= 0.6 is 0 Å². The fourth-order valence-electron chi connectivity index (χ4n) is 3.95. The second kappa shape index (κ2) is 6.03. The average Bonchev–Trinajstić information content (AvgIpc) is 3.16. The quantitative estimate of drug-likeness (QED) is 0.935. The van der Waals surface area contributed by atoms with E-state index < -0.39 is 6.67 Å². The number of nitrogens with zero attached hydrogens (tertiary/aromatic N) is 4. The van der Waals surface area contributed by atoms with Crippen molar-refractivity contribution >= 4 is 22.8 Å². The number of H-pyrrole nitrogens is 1. The number of halogens is 1. The van der Waals surface area contributed by atoms with Gasteiger partial charge in [-0.2, -0.15) is 0 Å². The molecule has 2 saturated heterocycles. The normalized spacial score (nSPS) is 22.8. The number of piperidine rings is 1. The van der Waals surface area contributed by atoms with Gasteiger partial charge >= 0.3 is 0 Å². The van der Waals surface area contributed by atoms with Crippen molar-refractivity contribution in [2.75, 3.05) is 31.2 Å². The number of rotatable bonds is 3. The summed E-state index contributed by atoms with van der Waals surface area (Å²) in [6.07, 6.45) is 3.77. The molecule has 4 rings (SSSR count). The number of amides is 1. The third kappa shape index (κ3) is 2.61. The zero-order valence-electron chi connectivity index (χ0n) is 13.8. The summed E-state index contributed by atoms with van der Waals surface area (Å²) >= 11 is 0. The van der Waals surface area contributed by atoms with E-state index in [1.54, 1.807) is 6.33 Å². The fourth-order valence-corrected chi connectivity index (χ4v) is 3.95. The molecular weight excluding hydrogens is 309 g/mol. The molecule has 6 nitrogen and oxygen atoms in total. The third-order valence-corrected chi connectivity index (χ3v) is 5.19. The van der Waals surface area contributed by atoms with Crippen LogP contribution in [-0.2, 0) is 4.79 Å². The number of hydrogen-bond donors (Lipinski definition) is 1. The van der Waals surface area contributed by atoms with Crippen LogP contribution in [0.2, 0.25) is 0 Å². The molecule has 0 spiro atoms. The van der Waals surface area contributed by atoms with Crippen molar-refractivity contribution in [2.24, 2.45) is 5.92 Å². The van der Waals surface area contributed by atoms with Gasteiger partial charge in [-0.1, -0.05) is 0 Å². The average molecular weight is 331 g/mol. The van der Waals surface area contributed by atoms with Crippen LogP contribution < -0.4 is 4.90 Å². The molecule has 1 atom stereocenters. The lowest BCUT2D eigenvalue weighted by molar-refractivity contribution is -0.130. The van der Waals surface area contributed by atoms with Crippen LogP contribution in [0.15, 0.2) is 12.4 Å². The number of nitrogens with one attached hydrogen (secondary N) is 1. The van der Waals surface area contributed by atoms with Gasteiger partial charge in [0.15, 0.2) is 5.82 Å². The molecule has 0 aromatic carbocycles. The van der Waals surface area contributed by atoms with Gasteiger partial charge in [0.2, 0.25) is 5.91 Å². The summed E-state index contributed by atoms with van der Waals surface area (Å²) in [4.78, 5) is 28.3. The largest absolute Gasteiger partial charge is 0.355 e. The summed E-state index contributed by atoms with van der Waals surface area (Å²) in [6.45, 7) is 3.88. The standard InChI is InChI=1S/C17H22FN5O/c1-11-6-14-16(21-11)17(20-10-19-14)22-4-2-13(3-5-22)23-9-12(8-18)7-15(23)24/h6,10,12-13,21H,2-5,7-9H2,1H3. The van der Waals surface area contributed by atoms with E-state index in [1.165, 1.54) is 0 Å². The number of anilines is 1. The predicted molar refractivity (Wildman–Crippen MR) is 89.7 cm³/mol. The van der Waals surface area contributed by atoms with Crippen molar-refractivity contribution < 1.29 is 9.18 Å². The number of fused-ring (bicyclic) bond motifs is 1. The van der Waals surface area contributed by atoms with Crippen LogP contribution in [0.5, 0.6) is 0 Å². The highest BCUT2D eigenvalue weighted by Gasteiger charge is 2.36. The summed E-state index contributed by atoms with van der Waals surface area (Å²) in [5.74, 6) is 0.931. The van der Waals surface area contributed by atoms with Gasteiger partial charge < -0.3 is 14.8 Å². The predicted octanol–water partition coefficient (Wildman–Crippen LogP) is 2.05. The molecule has 0 saturated carbocycles. The van der Waals surface area contributed by atoms with Crippen molar-refractivity contribution in [3.8, 4) is 0 Å². The Bertz CT molecular complexity index is 753. The number of hydrogen-bond acceptors (Lipinski definition) is 4. The molecule has 24 heavy (non-hydrogen) atoms. The van der Waals surface area contributed by atoms with E-state index in [-0.39, 0.29) is 17.9 Å². The van der Waals surface area contributed by atoms with Gasteiger partial charge in [-0.25, -0.2) is 9.97 Å². The second-order valence-corrected chi connectivity index (χ2v) is 6.90. The van der Waals surface area contributed by atoms with Crippen molar-refractivity contribution in [1.82, 2.24) is 19.9 Å². The Labute approximate surface area is 140 Å². The van der Waals surface area contributed by atoms with E-state index >= 15 is 0 Å². The van der Waals surface area contributed by atoms with Gasteiger partial charge in [0.25, 0.3) is 0 Å². The van der Waals surface area contributed by atoms with Gasteiger partial charge in [0, 0.05) is 43.7 Å². The van der Waals surface area contributed by atoms with Gasteiger partial charge in [-0.15, -0.1) is 0 Å². The summed E-state index contributed by atoms with van der Waals surface area (Å²) in [7, 11) is 0. The van der Waals surface area contributed by atoms with E-state index in [0.29, 0.717) is 13.0 Å². The molecule has 1 amide bonds. The molecular formula is C17H22FN5O. The molecule has 128 valence electrons. The first-order valence-corrected chi connectivity index (χ1v) is 8.56. The van der Waals surface area contributed by atoms with Crippen molar-refractivity contribution in [3.63, 3.8) is 0 Å². The lowest BCUT2D eigenvalue weighted by Gasteiger charge is -2.37. The Morgan fingerprint density at radius 2 is 2.12 bits per heavy atom. The maximum absolute atomic E-state index is 12.8. The summed E-state index contributed by atoms with van der Waals surface area (Å²) in [6, 6.07) is 2.25. The minimum Gasteiger partial charge on any atom is -0.355 e. The minimum atomic E-state index is -0.397. The van der Waals surface area contributed by atoms with Crippen LogP contribution in [0.1, 0.15) is 25.0 Å². The molecule has 2 aromatic heterocycles. The van der Waals surface area contributed by atoms with Crippen LogP contribution in [0.4, 0.5) is 10.2 Å². The maximum atomic E-state index is 12.8. The van der Waals surface area contributed by atoms with Crippen molar-refractivity contribution in [2.45, 2.75) is 32.2 Å². The number of carbonyl (C=O) groups excluding carboxylic acids is 1. The summed E-state index contributed by atoms with van der Waals surface area (Å²) < 4.78 is 12.8. The van der Waals surface area contributed by atoms with Crippen LogP contribution in [0, 0.1) is 12.8 Å². The Morgan fingerprint density at radius 3 is 2.83 bits per heavy atom. The second-order valence-electron chi connectivity index (χ2n) is 6.90. The molecule has 4 heterocycles. The van der Waals surface area contributed by atoms with Crippen LogP contribution in [-0.4, -0.2) is 58.1 Å². The van der Waals surface area contributed by atoms with E-state index in [4.69, 9.17) is 0 Å². The topological polar surface area (TPSA) is 65.1 Å². The lowest BCUT2D eigenvalue weighted by Crippen LogP contribution is -2.46. The number of likely N-dealkylation sites (tertiary alicyclic amines) is 1. The molecule has 0 bridgehead atoms. The Balaban J connectivity index is 1.47. The summed E-state index contributed by atoms with van der Waals surface area (Å²) in [5.41, 5.74) is 2.98. The number of aromatic amines is 1. The van der Waals surface area contributed by atoms with Gasteiger partial charge in [-0.05, 0) is 25.8 Å². The highest BCUT2D eigenvalue weighted by atomic mass is 19.1. The molecule has 0 radical (unpaired) electrons. The molecule has 7 heteroatoms. The molecule has 2 aromatic rings. The first-order valence-electron chi connectivity index (χ1n) is 8.56. The van der Waals surface area contributed by atoms with E-state index in [0.717, 1.165) is 48.5 Å². The number of carbonyl (C=O) groups is 1. The van der Waals surface area contributed by atoms with Gasteiger partial charge in [0.1, 0.15) is 11.8 Å². The first kappa shape index (κ1) is 15.4. The fraction of sp³-hybridized carbons (Fsp3) is 0.588. The van der Waals surface area contributed by atoms with E-state index in [1.807, 2.05) is 17.9 Å². The molecule has 2 aliphatic rings. The number of alkyl halides is 1. The lowest BCUT2D eigenvalue weighted by atomic mass is 10.0. The first-order chi connectivity index (χ1) is 11.7. The zero-order chi connectivity index (χ0) is 16.7. The molecule has 1 unspecified atom stereocenters. The Kier molecular flexibility index (Phi) is 3.86. The van der Waals surface area contributed by atoms with Crippen LogP contribution in [0.3, 0.4) is 0 Å².